The first-order chi connectivity index (χ1) is 14.6. The number of alkyl halides is 3. The second kappa shape index (κ2) is 8.86. The molecule has 0 radical (unpaired) electrons. The summed E-state index contributed by atoms with van der Waals surface area (Å²) in [6.07, 6.45) is -3.09. The molecule has 0 saturated carbocycles. The van der Waals surface area contributed by atoms with E-state index in [2.05, 4.69) is 10.6 Å². The van der Waals surface area contributed by atoms with Crippen molar-refractivity contribution in [2.45, 2.75) is 19.6 Å². The van der Waals surface area contributed by atoms with Crippen molar-refractivity contribution in [3.63, 3.8) is 0 Å². The molecule has 31 heavy (non-hydrogen) atoms. The van der Waals surface area contributed by atoms with Crippen molar-refractivity contribution >= 4 is 23.2 Å². The molecule has 0 saturated heterocycles. The van der Waals surface area contributed by atoms with Gasteiger partial charge in [0.2, 0.25) is 5.91 Å². The third-order valence-corrected chi connectivity index (χ3v) is 4.31. The molecule has 0 aliphatic rings. The summed E-state index contributed by atoms with van der Waals surface area (Å²) in [5.74, 6) is -0.951. The molecule has 0 atom stereocenters. The minimum atomic E-state index is -4.49. The van der Waals surface area contributed by atoms with Crippen LogP contribution in [-0.4, -0.2) is 16.4 Å². The lowest BCUT2D eigenvalue weighted by Crippen LogP contribution is -2.29. The number of halogens is 3. The second-order valence-corrected chi connectivity index (χ2v) is 6.77. The minimum absolute atomic E-state index is 0.123. The average molecular weight is 429 g/mol. The molecular weight excluding hydrogens is 411 g/mol. The van der Waals surface area contributed by atoms with E-state index in [4.69, 9.17) is 0 Å². The van der Waals surface area contributed by atoms with E-state index in [9.17, 15) is 27.6 Å². The molecule has 0 aliphatic heterocycles. The van der Waals surface area contributed by atoms with Gasteiger partial charge in [0, 0.05) is 24.5 Å². The first-order valence-electron chi connectivity index (χ1n) is 9.18. The molecule has 1 aromatic heterocycles. The fourth-order valence-electron chi connectivity index (χ4n) is 2.95. The van der Waals surface area contributed by atoms with E-state index in [-0.39, 0.29) is 23.6 Å². The van der Waals surface area contributed by atoms with Crippen LogP contribution in [0.2, 0.25) is 0 Å². The molecule has 1 heterocycles. The van der Waals surface area contributed by atoms with Crippen LogP contribution in [0.1, 0.15) is 28.4 Å². The van der Waals surface area contributed by atoms with Crippen LogP contribution in [0, 0.1) is 0 Å². The van der Waals surface area contributed by atoms with Gasteiger partial charge < -0.3 is 15.2 Å². The van der Waals surface area contributed by atoms with E-state index >= 15 is 0 Å². The number of nitrogens with one attached hydrogen (secondary N) is 2. The van der Waals surface area contributed by atoms with Gasteiger partial charge in [0.1, 0.15) is 5.56 Å². The van der Waals surface area contributed by atoms with Crippen molar-refractivity contribution < 1.29 is 22.8 Å². The summed E-state index contributed by atoms with van der Waals surface area (Å²) in [6.45, 7) is 1.23. The van der Waals surface area contributed by atoms with E-state index in [1.54, 1.807) is 18.2 Å². The van der Waals surface area contributed by atoms with Gasteiger partial charge in [-0.3, -0.25) is 14.4 Å². The zero-order valence-electron chi connectivity index (χ0n) is 16.4. The molecule has 2 aromatic carbocycles. The maximum atomic E-state index is 12.9. The summed E-state index contributed by atoms with van der Waals surface area (Å²) in [5.41, 5.74) is -0.512. The van der Waals surface area contributed by atoms with Crippen LogP contribution in [0.3, 0.4) is 0 Å². The van der Waals surface area contributed by atoms with E-state index in [0.29, 0.717) is 11.4 Å². The summed E-state index contributed by atoms with van der Waals surface area (Å²) in [7, 11) is 0. The van der Waals surface area contributed by atoms with Gasteiger partial charge >= 0.3 is 6.18 Å². The third kappa shape index (κ3) is 5.59. The normalized spacial score (nSPS) is 11.1. The van der Waals surface area contributed by atoms with Crippen LogP contribution in [0.15, 0.2) is 71.7 Å². The van der Waals surface area contributed by atoms with E-state index in [1.807, 2.05) is 0 Å². The molecular formula is C22H18F3N3O3. The molecule has 160 valence electrons. The Morgan fingerprint density at radius 2 is 1.61 bits per heavy atom. The molecule has 0 unspecified atom stereocenters. The zero-order valence-corrected chi connectivity index (χ0v) is 16.4. The Morgan fingerprint density at radius 3 is 2.29 bits per heavy atom. The maximum Gasteiger partial charge on any atom is 0.416 e. The summed E-state index contributed by atoms with van der Waals surface area (Å²) in [5, 5.41) is 5.17. The molecule has 9 heteroatoms. The first kappa shape index (κ1) is 21.8. The van der Waals surface area contributed by atoms with Crippen LogP contribution in [-0.2, 0) is 17.5 Å². The number of carbonyl (C=O) groups is 2. The van der Waals surface area contributed by atoms with Crippen LogP contribution < -0.4 is 16.2 Å². The standard InChI is InChI=1S/C22H18F3N3O3/c1-14(29)26-17-7-3-8-18(12-17)27-20(30)19-9-4-10-28(21(19)31)13-15-5-2-6-16(11-15)22(23,24)25/h2-12H,13H2,1H3,(H,26,29)(H,27,30). The summed E-state index contributed by atoms with van der Waals surface area (Å²) >= 11 is 0. The Morgan fingerprint density at radius 1 is 0.935 bits per heavy atom. The van der Waals surface area contributed by atoms with E-state index in [1.165, 1.54) is 43.5 Å². The first-order valence-corrected chi connectivity index (χ1v) is 9.18. The molecule has 0 spiro atoms. The van der Waals surface area contributed by atoms with Crippen molar-refractivity contribution in [3.05, 3.63) is 93.9 Å². The Balaban J connectivity index is 1.82. The van der Waals surface area contributed by atoms with Crippen LogP contribution >= 0.6 is 0 Å². The number of aromatic nitrogens is 1. The largest absolute Gasteiger partial charge is 0.416 e. The Kier molecular flexibility index (Phi) is 6.24. The van der Waals surface area contributed by atoms with Gasteiger partial charge in [-0.05, 0) is 48.0 Å². The van der Waals surface area contributed by atoms with Gasteiger partial charge in [-0.2, -0.15) is 13.2 Å². The molecule has 2 amide bonds. The lowest BCUT2D eigenvalue weighted by Gasteiger charge is -2.11. The monoisotopic (exact) mass is 429 g/mol. The smallest absolute Gasteiger partial charge is 0.326 e. The van der Waals surface area contributed by atoms with Gasteiger partial charge in [0.05, 0.1) is 12.1 Å². The number of hydrogen-bond acceptors (Lipinski definition) is 3. The zero-order chi connectivity index (χ0) is 22.6. The van der Waals surface area contributed by atoms with Crippen molar-refractivity contribution in [3.8, 4) is 0 Å². The number of benzene rings is 2. The molecule has 2 N–H and O–H groups in total. The highest BCUT2D eigenvalue weighted by atomic mass is 19.4. The van der Waals surface area contributed by atoms with Crippen LogP contribution in [0.5, 0.6) is 0 Å². The molecule has 3 rings (SSSR count). The number of pyridine rings is 1. The van der Waals surface area contributed by atoms with Gasteiger partial charge in [-0.15, -0.1) is 0 Å². The summed E-state index contributed by atoms with van der Waals surface area (Å²) in [6, 6.07) is 13.8. The number of hydrogen-bond donors (Lipinski definition) is 2. The minimum Gasteiger partial charge on any atom is -0.326 e. The highest BCUT2D eigenvalue weighted by molar-refractivity contribution is 6.04. The van der Waals surface area contributed by atoms with Crippen molar-refractivity contribution in [2.24, 2.45) is 0 Å². The van der Waals surface area contributed by atoms with E-state index < -0.39 is 23.2 Å². The maximum absolute atomic E-state index is 12.9. The Labute approximate surface area is 175 Å². The quantitative estimate of drug-likeness (QED) is 0.640. The van der Waals surface area contributed by atoms with Crippen molar-refractivity contribution in [1.29, 1.82) is 0 Å². The van der Waals surface area contributed by atoms with Crippen molar-refractivity contribution in [2.75, 3.05) is 10.6 Å². The highest BCUT2D eigenvalue weighted by Gasteiger charge is 2.30. The van der Waals surface area contributed by atoms with Gasteiger partial charge in [0.15, 0.2) is 0 Å². The Hall–Kier alpha value is -3.88. The summed E-state index contributed by atoms with van der Waals surface area (Å²) < 4.78 is 39.9. The van der Waals surface area contributed by atoms with Crippen LogP contribution in [0.25, 0.3) is 0 Å². The van der Waals surface area contributed by atoms with Crippen LogP contribution in [0.4, 0.5) is 24.5 Å². The SMILES string of the molecule is CC(=O)Nc1cccc(NC(=O)c2cccn(Cc3cccc(C(F)(F)F)c3)c2=O)c1. The van der Waals surface area contributed by atoms with E-state index in [0.717, 1.165) is 16.7 Å². The molecule has 0 aliphatic carbocycles. The summed E-state index contributed by atoms with van der Waals surface area (Å²) in [4.78, 5) is 36.5. The molecule has 0 fully saturated rings. The highest BCUT2D eigenvalue weighted by Crippen LogP contribution is 2.29. The molecule has 3 aromatic rings. The number of nitrogens with zero attached hydrogens (tertiary/aromatic N) is 1. The lowest BCUT2D eigenvalue weighted by atomic mass is 10.1. The van der Waals surface area contributed by atoms with Gasteiger partial charge in [-0.1, -0.05) is 18.2 Å². The van der Waals surface area contributed by atoms with Crippen molar-refractivity contribution in [1.82, 2.24) is 4.57 Å². The predicted octanol–water partition coefficient (Wildman–Crippen LogP) is 4.13. The second-order valence-electron chi connectivity index (χ2n) is 6.77. The number of carbonyl (C=O) groups excluding carboxylic acids is 2. The average Bonchev–Trinajstić information content (AvgIpc) is 2.69. The number of rotatable bonds is 5. The topological polar surface area (TPSA) is 80.2 Å². The lowest BCUT2D eigenvalue weighted by molar-refractivity contribution is -0.137. The van der Waals surface area contributed by atoms with Gasteiger partial charge in [-0.25, -0.2) is 0 Å². The Bertz CT molecular complexity index is 1190. The fraction of sp³-hybridized carbons (Fsp3) is 0.136. The fourth-order valence-corrected chi connectivity index (χ4v) is 2.95. The number of anilines is 2. The molecule has 0 bridgehead atoms. The third-order valence-electron chi connectivity index (χ3n) is 4.31. The molecule has 6 nitrogen and oxygen atoms in total. The predicted molar refractivity (Wildman–Crippen MR) is 110 cm³/mol. The van der Waals surface area contributed by atoms with Gasteiger partial charge in [0.25, 0.3) is 11.5 Å². The number of amides is 2.